The molecular formula is C11H13BrN2O. The Kier molecular flexibility index (Phi) is 2.71. The molecule has 0 spiro atoms. The molecule has 2 rings (SSSR count). The molecule has 0 aliphatic heterocycles. The number of ether oxygens (including phenoxy) is 1. The molecule has 0 fully saturated rings. The van der Waals surface area contributed by atoms with Crippen LogP contribution in [-0.4, -0.2) is 11.7 Å². The lowest BCUT2D eigenvalue weighted by Crippen LogP contribution is -1.96. The Morgan fingerprint density at radius 1 is 1.47 bits per heavy atom. The molecule has 1 aromatic heterocycles. The maximum absolute atomic E-state index is 5.74. The van der Waals surface area contributed by atoms with E-state index in [0.29, 0.717) is 6.54 Å². The first-order chi connectivity index (χ1) is 7.19. The summed E-state index contributed by atoms with van der Waals surface area (Å²) in [5.74, 6) is 0.857. The Labute approximate surface area is 96.9 Å². The highest BCUT2D eigenvalue weighted by molar-refractivity contribution is 9.10. The number of rotatable bonds is 2. The van der Waals surface area contributed by atoms with Crippen molar-refractivity contribution in [2.75, 3.05) is 7.11 Å². The summed E-state index contributed by atoms with van der Waals surface area (Å²) in [5.41, 5.74) is 8.01. The first-order valence-corrected chi connectivity index (χ1v) is 5.49. The van der Waals surface area contributed by atoms with Crippen LogP contribution in [0.2, 0.25) is 0 Å². The van der Waals surface area contributed by atoms with Crippen LogP contribution in [0.5, 0.6) is 5.75 Å². The summed E-state index contributed by atoms with van der Waals surface area (Å²) < 4.78 is 8.32. The van der Waals surface area contributed by atoms with Crippen LogP contribution in [0.1, 0.15) is 5.56 Å². The minimum absolute atomic E-state index is 0.519. The number of methoxy groups -OCH3 is 1. The first kappa shape index (κ1) is 10.5. The molecule has 2 N–H and O–H groups in total. The van der Waals surface area contributed by atoms with Crippen molar-refractivity contribution in [1.82, 2.24) is 4.57 Å². The number of nitrogens with two attached hydrogens (primary N) is 1. The SMILES string of the molecule is COc1ccc2c(c1)c(CN)c(Br)n2C. The van der Waals surface area contributed by atoms with Gasteiger partial charge in [-0.1, -0.05) is 0 Å². The van der Waals surface area contributed by atoms with Crippen molar-refractivity contribution < 1.29 is 4.74 Å². The van der Waals surface area contributed by atoms with E-state index < -0.39 is 0 Å². The van der Waals surface area contributed by atoms with Gasteiger partial charge in [0.05, 0.1) is 11.7 Å². The van der Waals surface area contributed by atoms with E-state index in [1.54, 1.807) is 7.11 Å². The molecule has 4 heteroatoms. The van der Waals surface area contributed by atoms with E-state index in [1.807, 2.05) is 25.2 Å². The average molecular weight is 269 g/mol. The van der Waals surface area contributed by atoms with E-state index in [0.717, 1.165) is 26.8 Å². The predicted octanol–water partition coefficient (Wildman–Crippen LogP) is 2.41. The zero-order valence-electron chi connectivity index (χ0n) is 8.75. The predicted molar refractivity (Wildman–Crippen MR) is 65.1 cm³/mol. The number of aryl methyl sites for hydroxylation is 1. The van der Waals surface area contributed by atoms with Crippen molar-refractivity contribution in [2.45, 2.75) is 6.54 Å². The number of aromatic nitrogens is 1. The number of halogens is 1. The minimum Gasteiger partial charge on any atom is -0.497 e. The highest BCUT2D eigenvalue weighted by Gasteiger charge is 2.12. The summed E-state index contributed by atoms with van der Waals surface area (Å²) in [6, 6.07) is 6.01. The van der Waals surface area contributed by atoms with Gasteiger partial charge in [-0.25, -0.2) is 0 Å². The van der Waals surface area contributed by atoms with Crippen LogP contribution < -0.4 is 10.5 Å². The average Bonchev–Trinajstić information content (AvgIpc) is 2.51. The van der Waals surface area contributed by atoms with Crippen molar-refractivity contribution in [3.63, 3.8) is 0 Å². The van der Waals surface area contributed by atoms with Crippen LogP contribution in [-0.2, 0) is 13.6 Å². The van der Waals surface area contributed by atoms with Crippen molar-refractivity contribution in [1.29, 1.82) is 0 Å². The van der Waals surface area contributed by atoms with Crippen LogP contribution >= 0.6 is 15.9 Å². The summed E-state index contributed by atoms with van der Waals surface area (Å²) in [4.78, 5) is 0. The smallest absolute Gasteiger partial charge is 0.119 e. The molecule has 0 unspecified atom stereocenters. The summed E-state index contributed by atoms with van der Waals surface area (Å²) in [7, 11) is 3.68. The van der Waals surface area contributed by atoms with Gasteiger partial charge in [0.25, 0.3) is 0 Å². The van der Waals surface area contributed by atoms with Gasteiger partial charge in [-0.05, 0) is 34.1 Å². The third-order valence-corrected chi connectivity index (χ3v) is 3.65. The molecule has 0 radical (unpaired) electrons. The first-order valence-electron chi connectivity index (χ1n) is 4.70. The summed E-state index contributed by atoms with van der Waals surface area (Å²) in [5, 5.41) is 1.14. The minimum atomic E-state index is 0.519. The van der Waals surface area contributed by atoms with E-state index in [-0.39, 0.29) is 0 Å². The van der Waals surface area contributed by atoms with Crippen LogP contribution in [0.25, 0.3) is 10.9 Å². The summed E-state index contributed by atoms with van der Waals surface area (Å²) in [6.07, 6.45) is 0. The maximum Gasteiger partial charge on any atom is 0.119 e. The molecule has 1 aromatic carbocycles. The second kappa shape index (κ2) is 3.87. The lowest BCUT2D eigenvalue weighted by Gasteiger charge is -2.00. The molecule has 0 saturated carbocycles. The fourth-order valence-corrected chi connectivity index (χ4v) is 2.36. The normalized spacial score (nSPS) is 10.9. The molecule has 2 aromatic rings. The number of fused-ring (bicyclic) bond motifs is 1. The Balaban J connectivity index is 2.80. The molecule has 80 valence electrons. The van der Waals surface area contributed by atoms with E-state index in [1.165, 1.54) is 0 Å². The van der Waals surface area contributed by atoms with E-state index in [2.05, 4.69) is 20.5 Å². The molecule has 1 heterocycles. The van der Waals surface area contributed by atoms with Gasteiger partial charge < -0.3 is 15.0 Å². The van der Waals surface area contributed by atoms with E-state index in [9.17, 15) is 0 Å². The van der Waals surface area contributed by atoms with Gasteiger partial charge in [-0.2, -0.15) is 0 Å². The van der Waals surface area contributed by atoms with Crippen molar-refractivity contribution in [3.05, 3.63) is 28.4 Å². The van der Waals surface area contributed by atoms with E-state index >= 15 is 0 Å². The van der Waals surface area contributed by atoms with Crippen molar-refractivity contribution in [2.24, 2.45) is 12.8 Å². The van der Waals surface area contributed by atoms with Crippen LogP contribution in [0.3, 0.4) is 0 Å². The molecule has 0 atom stereocenters. The molecule has 0 bridgehead atoms. The number of hydrogen-bond acceptors (Lipinski definition) is 2. The molecule has 3 nitrogen and oxygen atoms in total. The van der Waals surface area contributed by atoms with Crippen LogP contribution in [0.15, 0.2) is 22.8 Å². The van der Waals surface area contributed by atoms with Crippen molar-refractivity contribution >= 4 is 26.8 Å². The van der Waals surface area contributed by atoms with Gasteiger partial charge in [-0.15, -0.1) is 0 Å². The zero-order chi connectivity index (χ0) is 11.0. The van der Waals surface area contributed by atoms with E-state index in [4.69, 9.17) is 10.5 Å². The fourth-order valence-electron chi connectivity index (χ4n) is 1.79. The summed E-state index contributed by atoms with van der Waals surface area (Å²) >= 11 is 3.54. The third kappa shape index (κ3) is 1.54. The van der Waals surface area contributed by atoms with Gasteiger partial charge in [-0.3, -0.25) is 0 Å². The molecule has 0 aliphatic carbocycles. The molecule has 0 aliphatic rings. The Morgan fingerprint density at radius 2 is 2.20 bits per heavy atom. The van der Waals surface area contributed by atoms with Gasteiger partial charge >= 0.3 is 0 Å². The zero-order valence-corrected chi connectivity index (χ0v) is 10.3. The number of benzene rings is 1. The molecule has 0 saturated heterocycles. The third-order valence-electron chi connectivity index (χ3n) is 2.64. The van der Waals surface area contributed by atoms with Gasteiger partial charge in [0.15, 0.2) is 0 Å². The molecule has 0 amide bonds. The topological polar surface area (TPSA) is 40.2 Å². The molecular weight excluding hydrogens is 256 g/mol. The van der Waals surface area contributed by atoms with Crippen LogP contribution in [0, 0.1) is 0 Å². The van der Waals surface area contributed by atoms with Crippen LogP contribution in [0.4, 0.5) is 0 Å². The lowest BCUT2D eigenvalue weighted by molar-refractivity contribution is 0.415. The lowest BCUT2D eigenvalue weighted by atomic mass is 10.1. The highest BCUT2D eigenvalue weighted by atomic mass is 79.9. The Bertz CT molecular complexity index is 505. The maximum atomic E-state index is 5.74. The highest BCUT2D eigenvalue weighted by Crippen LogP contribution is 2.31. The molecule has 15 heavy (non-hydrogen) atoms. The van der Waals surface area contributed by atoms with Crippen molar-refractivity contribution in [3.8, 4) is 5.75 Å². The summed E-state index contributed by atoms with van der Waals surface area (Å²) in [6.45, 7) is 0.519. The number of nitrogens with zero attached hydrogens (tertiary/aromatic N) is 1. The fraction of sp³-hybridized carbons (Fsp3) is 0.273. The second-order valence-corrected chi connectivity index (χ2v) is 4.17. The van der Waals surface area contributed by atoms with Gasteiger partial charge in [0, 0.05) is 30.1 Å². The quantitative estimate of drug-likeness (QED) is 0.909. The monoisotopic (exact) mass is 268 g/mol. The second-order valence-electron chi connectivity index (χ2n) is 3.42. The number of hydrogen-bond donors (Lipinski definition) is 1. The Morgan fingerprint density at radius 3 is 2.80 bits per heavy atom. The van der Waals surface area contributed by atoms with Gasteiger partial charge in [0.1, 0.15) is 5.75 Å². The standard InChI is InChI=1S/C11H13BrN2O/c1-14-10-4-3-7(15-2)5-8(10)9(6-13)11(14)12/h3-5H,6,13H2,1-2H3. The Hall–Kier alpha value is -1.00. The largest absolute Gasteiger partial charge is 0.497 e. The van der Waals surface area contributed by atoms with Gasteiger partial charge in [0.2, 0.25) is 0 Å².